The van der Waals surface area contributed by atoms with Crippen molar-refractivity contribution in [2.24, 2.45) is 10.7 Å². The van der Waals surface area contributed by atoms with Gasteiger partial charge in [-0.1, -0.05) is 30.3 Å². The lowest BCUT2D eigenvalue weighted by Crippen LogP contribution is -2.09. The van der Waals surface area contributed by atoms with Crippen LogP contribution < -0.4 is 5.73 Å². The molecule has 1 atom stereocenters. The molecule has 1 heterocycles. The van der Waals surface area contributed by atoms with Crippen LogP contribution >= 0.6 is 10.9 Å². The first-order chi connectivity index (χ1) is 10.2. The molecule has 2 aromatic carbocycles. The average molecular weight is 299 g/mol. The summed E-state index contributed by atoms with van der Waals surface area (Å²) >= 11 is 0. The fraction of sp³-hybridized carbons (Fsp3) is 0. The molecule has 0 saturated carbocycles. The van der Waals surface area contributed by atoms with E-state index in [2.05, 4.69) is 4.99 Å². The highest BCUT2D eigenvalue weighted by Crippen LogP contribution is 2.52. The summed E-state index contributed by atoms with van der Waals surface area (Å²) in [4.78, 5) is 16.6. The summed E-state index contributed by atoms with van der Waals surface area (Å²) < 4.78 is 0. The number of nitro groups is 1. The Morgan fingerprint density at radius 1 is 1.05 bits per heavy atom. The Labute approximate surface area is 124 Å². The second-order valence-electron chi connectivity index (χ2n) is 4.48. The summed E-state index contributed by atoms with van der Waals surface area (Å²) in [7, 11) is -0.907. The van der Waals surface area contributed by atoms with Crippen LogP contribution in [-0.2, 0) is 0 Å². The Bertz CT molecular complexity index is 739. The molecule has 2 aromatic rings. The quantitative estimate of drug-likeness (QED) is 0.518. The van der Waals surface area contributed by atoms with Gasteiger partial charge in [-0.15, -0.1) is 10.9 Å². The summed E-state index contributed by atoms with van der Waals surface area (Å²) in [6.45, 7) is 0. The molecule has 0 spiro atoms. The molecule has 0 fully saturated rings. The molecule has 1 aliphatic heterocycles. The Kier molecular flexibility index (Phi) is 3.45. The van der Waals surface area contributed by atoms with Gasteiger partial charge >= 0.3 is 0 Å². The lowest BCUT2D eigenvalue weighted by molar-refractivity contribution is -0.384. The van der Waals surface area contributed by atoms with E-state index < -0.39 is 15.8 Å². The average Bonchev–Trinajstić information content (AvgIpc) is 2.90. The van der Waals surface area contributed by atoms with E-state index in [4.69, 9.17) is 5.73 Å². The number of aliphatic imine (C=N–C) groups is 1. The van der Waals surface area contributed by atoms with Crippen molar-refractivity contribution in [1.29, 1.82) is 0 Å². The predicted octanol–water partition coefficient (Wildman–Crippen LogP) is 3.28. The number of thiol groups is 1. The molecule has 6 heteroatoms. The third-order valence-electron chi connectivity index (χ3n) is 3.18. The van der Waals surface area contributed by atoms with E-state index in [0.29, 0.717) is 5.17 Å². The zero-order chi connectivity index (χ0) is 14.8. The van der Waals surface area contributed by atoms with E-state index in [9.17, 15) is 10.1 Å². The van der Waals surface area contributed by atoms with E-state index in [1.165, 1.54) is 12.1 Å². The third-order valence-corrected chi connectivity index (χ3v) is 5.42. The third kappa shape index (κ3) is 2.53. The standard InChI is InChI=1S/C15H13N3O2S/c16-15-17-10-14(11-4-2-1-3-5-11)21(15)13-8-6-12(7-9-13)18(19)20/h1-10,21H,(H2,16,17). The first-order valence-corrected chi connectivity index (χ1v) is 7.64. The van der Waals surface area contributed by atoms with Gasteiger partial charge in [0.1, 0.15) is 5.17 Å². The monoisotopic (exact) mass is 299 g/mol. The maximum Gasteiger partial charge on any atom is 0.269 e. The Hall–Kier alpha value is -2.60. The van der Waals surface area contributed by atoms with Gasteiger partial charge in [-0.3, -0.25) is 10.1 Å². The van der Waals surface area contributed by atoms with E-state index in [1.54, 1.807) is 18.3 Å². The minimum Gasteiger partial charge on any atom is -0.379 e. The molecule has 0 aromatic heterocycles. The van der Waals surface area contributed by atoms with Crippen LogP contribution in [0.4, 0.5) is 5.69 Å². The van der Waals surface area contributed by atoms with E-state index >= 15 is 0 Å². The lowest BCUT2D eigenvalue weighted by atomic mass is 10.2. The van der Waals surface area contributed by atoms with Gasteiger partial charge < -0.3 is 5.73 Å². The zero-order valence-electron chi connectivity index (χ0n) is 11.0. The van der Waals surface area contributed by atoms with Crippen molar-refractivity contribution in [3.63, 3.8) is 0 Å². The number of benzene rings is 2. The SMILES string of the molecule is NC1=NC=C(c2ccccc2)[SH]1c1ccc([N+](=O)[O-])cc1. The van der Waals surface area contributed by atoms with Crippen LogP contribution in [0.1, 0.15) is 5.56 Å². The normalized spacial score (nSPS) is 19.0. The van der Waals surface area contributed by atoms with Gasteiger partial charge in [0.05, 0.1) is 4.92 Å². The molecule has 1 aliphatic rings. The van der Waals surface area contributed by atoms with E-state index in [0.717, 1.165) is 15.4 Å². The summed E-state index contributed by atoms with van der Waals surface area (Å²) in [6, 6.07) is 16.4. The number of nitrogens with two attached hydrogens (primary N) is 1. The molecular weight excluding hydrogens is 286 g/mol. The van der Waals surface area contributed by atoms with Crippen LogP contribution in [0.5, 0.6) is 0 Å². The molecule has 5 nitrogen and oxygen atoms in total. The molecule has 106 valence electrons. The van der Waals surface area contributed by atoms with Crippen molar-refractivity contribution < 1.29 is 4.92 Å². The van der Waals surface area contributed by atoms with Gasteiger partial charge in [-0.2, -0.15) is 0 Å². The van der Waals surface area contributed by atoms with Gasteiger partial charge in [0.25, 0.3) is 5.69 Å². The van der Waals surface area contributed by atoms with Crippen molar-refractivity contribution in [2.45, 2.75) is 4.90 Å². The summed E-state index contributed by atoms with van der Waals surface area (Å²) in [6.07, 6.45) is 1.79. The van der Waals surface area contributed by atoms with Crippen LogP contribution in [0, 0.1) is 10.1 Å². The molecule has 0 aliphatic carbocycles. The molecule has 2 N–H and O–H groups in total. The molecule has 0 bridgehead atoms. The van der Waals surface area contributed by atoms with Crippen molar-refractivity contribution in [1.82, 2.24) is 0 Å². The Morgan fingerprint density at radius 2 is 1.71 bits per heavy atom. The number of non-ortho nitro benzene ring substituents is 1. The zero-order valence-corrected chi connectivity index (χ0v) is 11.9. The van der Waals surface area contributed by atoms with Crippen molar-refractivity contribution >= 4 is 26.7 Å². The van der Waals surface area contributed by atoms with Gasteiger partial charge in [0.15, 0.2) is 0 Å². The van der Waals surface area contributed by atoms with Gasteiger partial charge in [-0.05, 0) is 22.6 Å². The second-order valence-corrected chi connectivity index (χ2v) is 6.60. The van der Waals surface area contributed by atoms with Crippen LogP contribution in [0.25, 0.3) is 4.91 Å². The largest absolute Gasteiger partial charge is 0.379 e. The van der Waals surface area contributed by atoms with Crippen LogP contribution in [-0.4, -0.2) is 10.1 Å². The molecule has 0 saturated heterocycles. The number of nitro benzene ring substituents is 1. The Morgan fingerprint density at radius 3 is 2.33 bits per heavy atom. The number of hydrogen-bond acceptors (Lipinski definition) is 4. The predicted molar refractivity (Wildman–Crippen MR) is 86.4 cm³/mol. The molecule has 0 radical (unpaired) electrons. The van der Waals surface area contributed by atoms with Crippen LogP contribution in [0.15, 0.2) is 70.7 Å². The highest BCUT2D eigenvalue weighted by Gasteiger charge is 2.22. The minimum absolute atomic E-state index is 0.0775. The summed E-state index contributed by atoms with van der Waals surface area (Å²) in [5, 5.41) is 11.3. The Balaban J connectivity index is 1.97. The first kappa shape index (κ1) is 13.4. The molecule has 3 rings (SSSR count). The second kappa shape index (κ2) is 5.41. The van der Waals surface area contributed by atoms with Gasteiger partial charge in [0, 0.05) is 23.2 Å². The van der Waals surface area contributed by atoms with Crippen LogP contribution in [0.3, 0.4) is 0 Å². The van der Waals surface area contributed by atoms with Gasteiger partial charge in [-0.25, -0.2) is 4.99 Å². The fourth-order valence-electron chi connectivity index (χ4n) is 2.17. The number of nitrogens with zero attached hydrogens (tertiary/aromatic N) is 2. The minimum atomic E-state index is -0.907. The summed E-state index contributed by atoms with van der Waals surface area (Å²) in [5.74, 6) is 0. The van der Waals surface area contributed by atoms with Crippen LogP contribution in [0.2, 0.25) is 0 Å². The smallest absolute Gasteiger partial charge is 0.269 e. The topological polar surface area (TPSA) is 81.5 Å². The summed E-state index contributed by atoms with van der Waals surface area (Å²) in [5.41, 5.74) is 7.18. The molecule has 0 amide bonds. The molecular formula is C15H13N3O2S. The maximum atomic E-state index is 10.7. The number of rotatable bonds is 3. The molecule has 21 heavy (non-hydrogen) atoms. The first-order valence-electron chi connectivity index (χ1n) is 6.30. The fourth-order valence-corrected chi connectivity index (χ4v) is 4.16. The van der Waals surface area contributed by atoms with E-state index in [1.807, 2.05) is 30.3 Å². The highest BCUT2D eigenvalue weighted by molar-refractivity contribution is 8.37. The van der Waals surface area contributed by atoms with E-state index in [-0.39, 0.29) is 5.69 Å². The number of amidine groups is 1. The van der Waals surface area contributed by atoms with Crippen molar-refractivity contribution in [3.8, 4) is 0 Å². The molecule has 1 unspecified atom stereocenters. The van der Waals surface area contributed by atoms with Gasteiger partial charge in [0.2, 0.25) is 0 Å². The highest BCUT2D eigenvalue weighted by atomic mass is 32.2. The lowest BCUT2D eigenvalue weighted by Gasteiger charge is -2.20. The maximum absolute atomic E-state index is 10.7. The van der Waals surface area contributed by atoms with Crippen molar-refractivity contribution in [2.75, 3.05) is 0 Å². The van der Waals surface area contributed by atoms with Crippen molar-refractivity contribution in [3.05, 3.63) is 76.5 Å². The number of hydrogen-bond donors (Lipinski definition) is 2.